The Kier molecular flexibility index (Phi) is 3.10. The van der Waals surface area contributed by atoms with Crippen LogP contribution in [0.4, 0.5) is 0 Å². The standard InChI is InChI=1S/C16H21N3O2/c1-10-7-13(10)14-6-5-12(20-14)8-19(2)9-15-17-16(21-18-15)11-3-4-11/h5-6,10-11,13H,3-4,7-9H2,1-2H3/t10-,13+/m1/s1. The van der Waals surface area contributed by atoms with Crippen molar-refractivity contribution in [1.29, 1.82) is 0 Å². The lowest BCUT2D eigenvalue weighted by molar-refractivity contribution is 0.271. The molecule has 112 valence electrons. The summed E-state index contributed by atoms with van der Waals surface area (Å²) in [4.78, 5) is 6.61. The summed E-state index contributed by atoms with van der Waals surface area (Å²) in [6.45, 7) is 3.73. The van der Waals surface area contributed by atoms with E-state index >= 15 is 0 Å². The van der Waals surface area contributed by atoms with Gasteiger partial charge >= 0.3 is 0 Å². The highest BCUT2D eigenvalue weighted by Crippen LogP contribution is 2.47. The Balaban J connectivity index is 1.34. The van der Waals surface area contributed by atoms with Crippen LogP contribution in [0.1, 0.15) is 61.3 Å². The number of hydrogen-bond acceptors (Lipinski definition) is 5. The topological polar surface area (TPSA) is 55.3 Å². The van der Waals surface area contributed by atoms with Gasteiger partial charge in [0.1, 0.15) is 11.5 Å². The number of furan rings is 1. The predicted octanol–water partition coefficient (Wildman–Crippen LogP) is 3.30. The van der Waals surface area contributed by atoms with E-state index in [1.807, 2.05) is 0 Å². The number of aromatic nitrogens is 2. The van der Waals surface area contributed by atoms with Crippen molar-refractivity contribution in [2.45, 2.75) is 51.1 Å². The van der Waals surface area contributed by atoms with Gasteiger partial charge in [-0.2, -0.15) is 4.98 Å². The lowest BCUT2D eigenvalue weighted by Crippen LogP contribution is -2.17. The molecule has 0 spiro atoms. The van der Waals surface area contributed by atoms with Crippen LogP contribution in [0.2, 0.25) is 0 Å². The summed E-state index contributed by atoms with van der Waals surface area (Å²) in [7, 11) is 2.05. The maximum absolute atomic E-state index is 5.93. The third-order valence-corrected chi connectivity index (χ3v) is 4.40. The molecule has 2 saturated carbocycles. The van der Waals surface area contributed by atoms with E-state index in [0.717, 1.165) is 35.7 Å². The fraction of sp³-hybridized carbons (Fsp3) is 0.625. The first-order valence-corrected chi connectivity index (χ1v) is 7.78. The molecule has 2 aliphatic carbocycles. The van der Waals surface area contributed by atoms with Gasteiger partial charge in [-0.25, -0.2) is 0 Å². The molecule has 2 aromatic rings. The molecule has 2 aliphatic rings. The summed E-state index contributed by atoms with van der Waals surface area (Å²) in [5, 5.41) is 4.05. The van der Waals surface area contributed by atoms with Crippen LogP contribution in [0.15, 0.2) is 21.1 Å². The van der Waals surface area contributed by atoms with Gasteiger partial charge in [0, 0.05) is 11.8 Å². The lowest BCUT2D eigenvalue weighted by Gasteiger charge is -2.12. The molecule has 0 amide bonds. The number of rotatable bonds is 6. The Hall–Kier alpha value is -1.62. The van der Waals surface area contributed by atoms with E-state index in [0.29, 0.717) is 18.4 Å². The van der Waals surface area contributed by atoms with Crippen molar-refractivity contribution in [2.24, 2.45) is 5.92 Å². The van der Waals surface area contributed by atoms with Gasteiger partial charge < -0.3 is 8.94 Å². The number of hydrogen-bond donors (Lipinski definition) is 0. The maximum Gasteiger partial charge on any atom is 0.229 e. The molecular weight excluding hydrogens is 266 g/mol. The second-order valence-electron chi connectivity index (χ2n) is 6.62. The van der Waals surface area contributed by atoms with Crippen molar-refractivity contribution < 1.29 is 8.94 Å². The molecule has 2 atom stereocenters. The monoisotopic (exact) mass is 287 g/mol. The quantitative estimate of drug-likeness (QED) is 0.816. The smallest absolute Gasteiger partial charge is 0.229 e. The largest absolute Gasteiger partial charge is 0.464 e. The van der Waals surface area contributed by atoms with Crippen LogP contribution in [-0.2, 0) is 13.1 Å². The summed E-state index contributed by atoms with van der Waals surface area (Å²) in [5.41, 5.74) is 0. The van der Waals surface area contributed by atoms with E-state index in [9.17, 15) is 0 Å². The van der Waals surface area contributed by atoms with Gasteiger partial charge in [0.25, 0.3) is 0 Å². The molecular formula is C16H21N3O2. The van der Waals surface area contributed by atoms with Crippen LogP contribution in [0, 0.1) is 5.92 Å². The van der Waals surface area contributed by atoms with E-state index in [4.69, 9.17) is 8.94 Å². The predicted molar refractivity (Wildman–Crippen MR) is 76.7 cm³/mol. The average molecular weight is 287 g/mol. The van der Waals surface area contributed by atoms with E-state index < -0.39 is 0 Å². The normalized spacial score (nSPS) is 24.7. The molecule has 21 heavy (non-hydrogen) atoms. The molecule has 2 heterocycles. The highest BCUT2D eigenvalue weighted by molar-refractivity contribution is 5.17. The van der Waals surface area contributed by atoms with Gasteiger partial charge in [-0.1, -0.05) is 12.1 Å². The van der Waals surface area contributed by atoms with Crippen molar-refractivity contribution in [2.75, 3.05) is 7.05 Å². The lowest BCUT2D eigenvalue weighted by atomic mass is 10.3. The van der Waals surface area contributed by atoms with Crippen LogP contribution in [0.5, 0.6) is 0 Å². The molecule has 0 N–H and O–H groups in total. The zero-order chi connectivity index (χ0) is 14.4. The molecule has 5 heteroatoms. The van der Waals surface area contributed by atoms with Crippen molar-refractivity contribution in [3.63, 3.8) is 0 Å². The fourth-order valence-corrected chi connectivity index (χ4v) is 2.79. The summed E-state index contributed by atoms with van der Waals surface area (Å²) in [6.07, 6.45) is 3.63. The van der Waals surface area contributed by atoms with E-state index in [2.05, 4.69) is 41.1 Å². The Labute approximate surface area is 124 Å². The third kappa shape index (κ3) is 2.88. The Morgan fingerprint density at radius 1 is 1.29 bits per heavy atom. The van der Waals surface area contributed by atoms with Crippen molar-refractivity contribution in [3.05, 3.63) is 35.4 Å². The SMILES string of the molecule is C[C@@H]1C[C@@H]1c1ccc(CN(C)Cc2noc(C3CC3)n2)o1. The van der Waals surface area contributed by atoms with E-state index in [-0.39, 0.29) is 0 Å². The summed E-state index contributed by atoms with van der Waals surface area (Å²) < 4.78 is 11.2. The number of nitrogens with zero attached hydrogens (tertiary/aromatic N) is 3. The molecule has 0 saturated heterocycles. The minimum absolute atomic E-state index is 0.518. The fourth-order valence-electron chi connectivity index (χ4n) is 2.79. The molecule has 0 aromatic carbocycles. The van der Waals surface area contributed by atoms with Gasteiger partial charge in [0.15, 0.2) is 5.82 Å². The Bertz CT molecular complexity index is 629. The molecule has 0 unspecified atom stereocenters. The van der Waals surface area contributed by atoms with Gasteiger partial charge in [0.2, 0.25) is 5.89 Å². The van der Waals surface area contributed by atoms with Gasteiger partial charge in [-0.15, -0.1) is 0 Å². The highest BCUT2D eigenvalue weighted by Gasteiger charge is 2.36. The van der Waals surface area contributed by atoms with E-state index in [1.165, 1.54) is 19.3 Å². The average Bonchev–Trinajstić information content (AvgIpc) is 3.33. The molecule has 4 rings (SSSR count). The van der Waals surface area contributed by atoms with Crippen LogP contribution < -0.4 is 0 Å². The van der Waals surface area contributed by atoms with Crippen LogP contribution in [0.3, 0.4) is 0 Å². The third-order valence-electron chi connectivity index (χ3n) is 4.40. The van der Waals surface area contributed by atoms with Crippen molar-refractivity contribution in [3.8, 4) is 0 Å². The van der Waals surface area contributed by atoms with Crippen LogP contribution >= 0.6 is 0 Å². The first kappa shape index (κ1) is 13.1. The first-order valence-electron chi connectivity index (χ1n) is 7.78. The summed E-state index contributed by atoms with van der Waals surface area (Å²) in [6, 6.07) is 4.21. The van der Waals surface area contributed by atoms with E-state index in [1.54, 1.807) is 0 Å². The molecule has 0 aliphatic heterocycles. The zero-order valence-electron chi connectivity index (χ0n) is 12.6. The van der Waals surface area contributed by atoms with Crippen LogP contribution in [0.25, 0.3) is 0 Å². The zero-order valence-corrected chi connectivity index (χ0v) is 12.6. The molecule has 5 nitrogen and oxygen atoms in total. The van der Waals surface area contributed by atoms with Gasteiger partial charge in [0.05, 0.1) is 13.1 Å². The molecule has 2 fully saturated rings. The van der Waals surface area contributed by atoms with Gasteiger partial charge in [-0.3, -0.25) is 4.90 Å². The second-order valence-corrected chi connectivity index (χ2v) is 6.62. The minimum Gasteiger partial charge on any atom is -0.464 e. The van der Waals surface area contributed by atoms with Crippen molar-refractivity contribution in [1.82, 2.24) is 15.0 Å². The Morgan fingerprint density at radius 2 is 2.10 bits per heavy atom. The molecule has 0 bridgehead atoms. The molecule has 2 aromatic heterocycles. The maximum atomic E-state index is 5.93. The highest BCUT2D eigenvalue weighted by atomic mass is 16.5. The summed E-state index contributed by atoms with van der Waals surface area (Å²) in [5.74, 6) is 5.66. The molecule has 0 radical (unpaired) electrons. The van der Waals surface area contributed by atoms with Gasteiger partial charge in [-0.05, 0) is 44.4 Å². The summed E-state index contributed by atoms with van der Waals surface area (Å²) >= 11 is 0. The van der Waals surface area contributed by atoms with Crippen molar-refractivity contribution >= 4 is 0 Å². The Morgan fingerprint density at radius 3 is 2.81 bits per heavy atom. The first-order chi connectivity index (χ1) is 10.2. The minimum atomic E-state index is 0.518. The second kappa shape index (κ2) is 4.98. The van der Waals surface area contributed by atoms with Crippen LogP contribution in [-0.4, -0.2) is 22.1 Å².